The molecule has 0 radical (unpaired) electrons. The predicted octanol–water partition coefficient (Wildman–Crippen LogP) is 2.71. The average molecular weight is 319 g/mol. The number of para-hydroxylation sites is 1. The molecule has 4 nitrogen and oxygen atoms in total. The van der Waals surface area contributed by atoms with E-state index in [9.17, 15) is 12.8 Å². The molecule has 0 bridgehead atoms. The molecule has 0 aliphatic rings. The van der Waals surface area contributed by atoms with Crippen LogP contribution in [0, 0.1) is 6.92 Å². The number of anilines is 1. The minimum atomic E-state index is -4.19. The Labute approximate surface area is 113 Å². The van der Waals surface area contributed by atoms with Crippen molar-refractivity contribution >= 4 is 51.0 Å². The van der Waals surface area contributed by atoms with Crippen molar-refractivity contribution in [1.29, 1.82) is 0 Å². The van der Waals surface area contributed by atoms with Crippen LogP contribution < -0.4 is 8.85 Å². The topological polar surface area (TPSA) is 63.4 Å². The summed E-state index contributed by atoms with van der Waals surface area (Å²) >= 11 is 10.3. The Morgan fingerprint density at radius 2 is 1.94 bits per heavy atom. The summed E-state index contributed by atoms with van der Waals surface area (Å²) in [6.45, 7) is 1.65. The minimum Gasteiger partial charge on any atom is -0.210 e. The van der Waals surface area contributed by atoms with Crippen LogP contribution in [0.5, 0.6) is 0 Å². The lowest BCUT2D eigenvalue weighted by atomic mass is 10.2. The van der Waals surface area contributed by atoms with Gasteiger partial charge in [0.05, 0.1) is 5.69 Å². The van der Waals surface area contributed by atoms with Crippen LogP contribution in [-0.2, 0) is 10.2 Å². The molecule has 2 N–H and O–H groups in total. The third-order valence-electron chi connectivity index (χ3n) is 1.73. The fourth-order valence-electron chi connectivity index (χ4n) is 1.10. The Balaban J connectivity index is 3.22. The van der Waals surface area contributed by atoms with Crippen molar-refractivity contribution in [2.24, 2.45) is 5.14 Å². The van der Waals surface area contributed by atoms with Gasteiger partial charge in [0, 0.05) is 11.9 Å². The Bertz CT molecular complexity index is 504. The number of halogens is 3. The van der Waals surface area contributed by atoms with E-state index in [-0.39, 0.29) is 17.6 Å². The SMILES string of the molecule is Cc1ccccc1N(SC(F)(Cl)Cl)S(N)(=O)=O. The Morgan fingerprint density at radius 1 is 1.41 bits per heavy atom. The fourth-order valence-corrected chi connectivity index (χ4v) is 3.45. The standard InChI is InChI=1S/C8H9Cl2FN2O2S2/c1-6-4-2-3-5-7(6)13(17(12,14)15)16-8(9,10)11/h2-5H,1H3,(H2,12,14,15). The zero-order chi connectivity index (χ0) is 13.3. The molecule has 0 saturated carbocycles. The Kier molecular flexibility index (Phi) is 4.54. The van der Waals surface area contributed by atoms with E-state index >= 15 is 0 Å². The van der Waals surface area contributed by atoms with E-state index in [1.807, 2.05) is 0 Å². The zero-order valence-corrected chi connectivity index (χ0v) is 11.7. The number of nitrogens with two attached hydrogens (primary N) is 1. The molecule has 0 aromatic heterocycles. The van der Waals surface area contributed by atoms with Gasteiger partial charge in [-0.15, -0.1) is 0 Å². The number of aryl methyl sites for hydroxylation is 1. The number of nitrogens with zero attached hydrogens (tertiary/aromatic N) is 1. The lowest BCUT2D eigenvalue weighted by Gasteiger charge is -2.24. The van der Waals surface area contributed by atoms with Crippen LogP contribution in [0.15, 0.2) is 24.3 Å². The highest BCUT2D eigenvalue weighted by atomic mass is 35.5. The van der Waals surface area contributed by atoms with Gasteiger partial charge in [-0.3, -0.25) is 0 Å². The van der Waals surface area contributed by atoms with Gasteiger partial charge in [0.25, 0.3) is 0 Å². The van der Waals surface area contributed by atoms with Gasteiger partial charge in [-0.1, -0.05) is 41.4 Å². The molecule has 0 aliphatic carbocycles. The van der Waals surface area contributed by atoms with Crippen LogP contribution in [-0.4, -0.2) is 12.3 Å². The maximum Gasteiger partial charge on any atom is 0.324 e. The van der Waals surface area contributed by atoms with Gasteiger partial charge in [-0.05, 0) is 18.6 Å². The molecule has 0 fully saturated rings. The van der Waals surface area contributed by atoms with Crippen LogP contribution >= 0.6 is 35.1 Å². The molecular formula is C8H9Cl2FN2O2S2. The van der Waals surface area contributed by atoms with E-state index in [2.05, 4.69) is 0 Å². The third-order valence-corrected chi connectivity index (χ3v) is 4.22. The minimum absolute atomic E-state index is 0.0606. The molecule has 96 valence electrons. The van der Waals surface area contributed by atoms with Crippen molar-refractivity contribution in [1.82, 2.24) is 0 Å². The fraction of sp³-hybridized carbons (Fsp3) is 0.250. The second kappa shape index (κ2) is 5.19. The molecule has 0 unspecified atom stereocenters. The monoisotopic (exact) mass is 318 g/mol. The average Bonchev–Trinajstić information content (AvgIpc) is 2.12. The summed E-state index contributed by atoms with van der Waals surface area (Å²) in [6, 6.07) is 6.40. The van der Waals surface area contributed by atoms with Crippen molar-refractivity contribution in [2.45, 2.75) is 10.8 Å². The van der Waals surface area contributed by atoms with Crippen LogP contribution in [0.2, 0.25) is 0 Å². The quantitative estimate of drug-likeness (QED) is 0.685. The van der Waals surface area contributed by atoms with Crippen molar-refractivity contribution in [3.63, 3.8) is 0 Å². The van der Waals surface area contributed by atoms with Gasteiger partial charge in [0.2, 0.25) is 0 Å². The van der Waals surface area contributed by atoms with Gasteiger partial charge in [-0.25, -0.2) is 5.14 Å². The van der Waals surface area contributed by atoms with Gasteiger partial charge in [-0.2, -0.15) is 16.5 Å². The van der Waals surface area contributed by atoms with Gasteiger partial charge >= 0.3 is 14.1 Å². The van der Waals surface area contributed by atoms with E-state index < -0.39 is 14.1 Å². The van der Waals surface area contributed by atoms with Crippen molar-refractivity contribution in [2.75, 3.05) is 3.71 Å². The first kappa shape index (κ1) is 14.8. The molecular weight excluding hydrogens is 310 g/mol. The first-order valence-corrected chi connectivity index (χ1v) is 7.29. The zero-order valence-electron chi connectivity index (χ0n) is 8.60. The molecule has 0 heterocycles. The molecule has 1 aromatic rings. The first-order chi connectivity index (χ1) is 7.61. The summed E-state index contributed by atoms with van der Waals surface area (Å²) in [6.07, 6.45) is 0. The van der Waals surface area contributed by atoms with Crippen LogP contribution in [0.1, 0.15) is 5.56 Å². The molecule has 1 aromatic carbocycles. The smallest absolute Gasteiger partial charge is 0.210 e. The number of benzene rings is 1. The van der Waals surface area contributed by atoms with Crippen molar-refractivity contribution < 1.29 is 12.8 Å². The van der Waals surface area contributed by atoms with Gasteiger partial charge < -0.3 is 0 Å². The highest BCUT2D eigenvalue weighted by Gasteiger charge is 2.33. The molecule has 0 saturated heterocycles. The summed E-state index contributed by atoms with van der Waals surface area (Å²) in [4.78, 5) is 0. The molecule has 0 atom stereocenters. The highest BCUT2D eigenvalue weighted by Crippen LogP contribution is 2.42. The van der Waals surface area contributed by atoms with Gasteiger partial charge in [0.1, 0.15) is 0 Å². The Hall–Kier alpha value is -0.210. The molecule has 17 heavy (non-hydrogen) atoms. The molecule has 9 heteroatoms. The van der Waals surface area contributed by atoms with E-state index in [1.54, 1.807) is 25.1 Å². The van der Waals surface area contributed by atoms with Crippen LogP contribution in [0.4, 0.5) is 10.1 Å². The van der Waals surface area contributed by atoms with Crippen molar-refractivity contribution in [3.8, 4) is 0 Å². The number of rotatable bonds is 4. The maximum absolute atomic E-state index is 13.1. The van der Waals surface area contributed by atoms with E-state index in [0.717, 1.165) is 0 Å². The molecule has 0 spiro atoms. The highest BCUT2D eigenvalue weighted by molar-refractivity contribution is 8.15. The van der Waals surface area contributed by atoms with E-state index in [1.165, 1.54) is 6.07 Å². The lowest BCUT2D eigenvalue weighted by Crippen LogP contribution is -2.33. The largest absolute Gasteiger partial charge is 0.324 e. The molecule has 0 aliphatic heterocycles. The summed E-state index contributed by atoms with van der Waals surface area (Å²) < 4.78 is 33.6. The second-order valence-corrected chi connectivity index (χ2v) is 7.52. The summed E-state index contributed by atoms with van der Waals surface area (Å²) in [7, 11) is -4.19. The Morgan fingerprint density at radius 3 is 2.35 bits per heavy atom. The van der Waals surface area contributed by atoms with E-state index in [4.69, 9.17) is 28.3 Å². The van der Waals surface area contributed by atoms with E-state index in [0.29, 0.717) is 9.27 Å². The van der Waals surface area contributed by atoms with Crippen LogP contribution in [0.3, 0.4) is 0 Å². The maximum atomic E-state index is 13.1. The normalized spacial score (nSPS) is 12.5. The van der Waals surface area contributed by atoms with Crippen molar-refractivity contribution in [3.05, 3.63) is 29.8 Å². The second-order valence-electron chi connectivity index (χ2n) is 3.10. The van der Waals surface area contributed by atoms with Crippen LogP contribution in [0.25, 0.3) is 0 Å². The lowest BCUT2D eigenvalue weighted by molar-refractivity contribution is 0.515. The number of hydrogen-bond donors (Lipinski definition) is 1. The third kappa shape index (κ3) is 4.51. The molecule has 1 rings (SSSR count). The number of hydrogen-bond acceptors (Lipinski definition) is 3. The first-order valence-electron chi connectivity index (χ1n) is 4.26. The summed E-state index contributed by atoms with van der Waals surface area (Å²) in [5.74, 6) is 0. The summed E-state index contributed by atoms with van der Waals surface area (Å²) in [5, 5.41) is 4.98. The van der Waals surface area contributed by atoms with Gasteiger partial charge in [0.15, 0.2) is 0 Å². The predicted molar refractivity (Wildman–Crippen MR) is 69.9 cm³/mol. The number of alkyl halides is 3. The molecule has 0 amide bonds. The summed E-state index contributed by atoms with van der Waals surface area (Å²) in [5.41, 5.74) is 0.787.